The predicted molar refractivity (Wildman–Crippen MR) is 88.3 cm³/mol. The second-order valence-electron chi connectivity index (χ2n) is 6.32. The molecule has 3 aromatic rings. The van der Waals surface area contributed by atoms with E-state index in [9.17, 15) is 0 Å². The van der Waals surface area contributed by atoms with E-state index in [-0.39, 0.29) is 0 Å². The molecule has 0 saturated carbocycles. The molecule has 1 aliphatic rings. The van der Waals surface area contributed by atoms with E-state index >= 15 is 0 Å². The maximum Gasteiger partial charge on any atom is 0.230 e. The van der Waals surface area contributed by atoms with Crippen molar-refractivity contribution in [1.82, 2.24) is 30.0 Å². The minimum absolute atomic E-state index is 0.349. The molecule has 0 bridgehead atoms. The molecule has 7 heteroatoms. The van der Waals surface area contributed by atoms with Crippen LogP contribution in [0.3, 0.4) is 0 Å². The van der Waals surface area contributed by atoms with Crippen molar-refractivity contribution in [2.45, 2.75) is 25.3 Å². The van der Waals surface area contributed by atoms with Crippen LogP contribution >= 0.6 is 0 Å². The summed E-state index contributed by atoms with van der Waals surface area (Å²) in [4.78, 5) is 6.86. The van der Waals surface area contributed by atoms with Crippen LogP contribution in [-0.4, -0.2) is 50.2 Å². The highest BCUT2D eigenvalue weighted by molar-refractivity contribution is 5.45. The molecule has 1 saturated heterocycles. The van der Waals surface area contributed by atoms with Crippen molar-refractivity contribution >= 4 is 0 Å². The van der Waals surface area contributed by atoms with E-state index in [1.807, 2.05) is 24.4 Å². The molecule has 1 fully saturated rings. The summed E-state index contributed by atoms with van der Waals surface area (Å²) in [7, 11) is 2.14. The summed E-state index contributed by atoms with van der Waals surface area (Å²) in [6.45, 7) is 2.80. The van der Waals surface area contributed by atoms with Crippen molar-refractivity contribution in [3.63, 3.8) is 0 Å². The lowest BCUT2D eigenvalue weighted by Gasteiger charge is -2.26. The normalized spacial score (nSPS) is 16.5. The highest BCUT2D eigenvalue weighted by Crippen LogP contribution is 2.27. The van der Waals surface area contributed by atoms with Gasteiger partial charge in [0, 0.05) is 5.92 Å². The lowest BCUT2D eigenvalue weighted by atomic mass is 9.97. The average molecular weight is 324 g/mol. The summed E-state index contributed by atoms with van der Waals surface area (Å²) < 4.78 is 7.25. The molecule has 0 radical (unpaired) electrons. The molecule has 0 aliphatic carbocycles. The fourth-order valence-corrected chi connectivity index (χ4v) is 3.01. The van der Waals surface area contributed by atoms with Gasteiger partial charge in [-0.3, -0.25) is 0 Å². The first-order valence-electron chi connectivity index (χ1n) is 8.24. The average Bonchev–Trinajstić information content (AvgIpc) is 3.26. The summed E-state index contributed by atoms with van der Waals surface area (Å²) in [5, 5.41) is 12.4. The summed E-state index contributed by atoms with van der Waals surface area (Å²) in [6.07, 6.45) is 3.97. The van der Waals surface area contributed by atoms with Gasteiger partial charge in [-0.05, 0) is 38.5 Å². The molecule has 3 heterocycles. The van der Waals surface area contributed by atoms with Gasteiger partial charge in [0.05, 0.1) is 12.7 Å². The number of nitrogens with zero attached hydrogens (tertiary/aromatic N) is 6. The van der Waals surface area contributed by atoms with E-state index in [2.05, 4.69) is 44.5 Å². The highest BCUT2D eigenvalue weighted by Gasteiger charge is 2.24. The van der Waals surface area contributed by atoms with E-state index in [0.717, 1.165) is 31.8 Å². The molecule has 24 heavy (non-hydrogen) atoms. The van der Waals surface area contributed by atoms with Crippen molar-refractivity contribution < 1.29 is 4.52 Å². The van der Waals surface area contributed by atoms with Crippen LogP contribution in [0.25, 0.3) is 11.5 Å². The lowest BCUT2D eigenvalue weighted by molar-refractivity contribution is 0.227. The van der Waals surface area contributed by atoms with E-state index in [1.54, 1.807) is 4.68 Å². The van der Waals surface area contributed by atoms with Gasteiger partial charge in [-0.15, -0.1) is 5.10 Å². The van der Waals surface area contributed by atoms with Crippen LogP contribution in [-0.2, 0) is 6.54 Å². The van der Waals surface area contributed by atoms with Gasteiger partial charge in [0.15, 0.2) is 5.69 Å². The molecule has 0 unspecified atom stereocenters. The number of piperidine rings is 1. The predicted octanol–water partition coefficient (Wildman–Crippen LogP) is 2.19. The quantitative estimate of drug-likeness (QED) is 0.732. The summed E-state index contributed by atoms with van der Waals surface area (Å²) in [5.74, 6) is 1.58. The fourth-order valence-electron chi connectivity index (χ4n) is 3.01. The monoisotopic (exact) mass is 324 g/mol. The number of aromatic nitrogens is 5. The third-order valence-corrected chi connectivity index (χ3v) is 4.46. The third-order valence-electron chi connectivity index (χ3n) is 4.46. The van der Waals surface area contributed by atoms with Crippen LogP contribution in [0.2, 0.25) is 0 Å². The van der Waals surface area contributed by atoms with Gasteiger partial charge in [-0.2, -0.15) is 4.98 Å². The zero-order valence-corrected chi connectivity index (χ0v) is 13.7. The Morgan fingerprint density at radius 3 is 2.75 bits per heavy atom. The maximum absolute atomic E-state index is 5.46. The molecule has 0 spiro atoms. The second-order valence-corrected chi connectivity index (χ2v) is 6.32. The number of benzene rings is 1. The van der Waals surface area contributed by atoms with E-state index in [0.29, 0.717) is 24.0 Å². The summed E-state index contributed by atoms with van der Waals surface area (Å²) >= 11 is 0. The van der Waals surface area contributed by atoms with Gasteiger partial charge >= 0.3 is 0 Å². The summed E-state index contributed by atoms with van der Waals surface area (Å²) in [6, 6.07) is 10.2. The van der Waals surface area contributed by atoms with Gasteiger partial charge in [0.25, 0.3) is 0 Å². The first-order valence-corrected chi connectivity index (χ1v) is 8.24. The Bertz CT molecular complexity index is 788. The fraction of sp³-hybridized carbons (Fsp3) is 0.412. The van der Waals surface area contributed by atoms with E-state index < -0.39 is 0 Å². The maximum atomic E-state index is 5.46. The van der Waals surface area contributed by atoms with Crippen molar-refractivity contribution in [1.29, 1.82) is 0 Å². The van der Waals surface area contributed by atoms with Gasteiger partial charge in [-0.25, -0.2) is 4.68 Å². The minimum Gasteiger partial charge on any atom is -0.339 e. The molecule has 2 aromatic heterocycles. The van der Waals surface area contributed by atoms with Gasteiger partial charge in [-0.1, -0.05) is 40.7 Å². The summed E-state index contributed by atoms with van der Waals surface area (Å²) in [5.41, 5.74) is 1.82. The molecule has 0 amide bonds. The number of rotatable bonds is 4. The van der Waals surface area contributed by atoms with E-state index in [1.165, 1.54) is 5.56 Å². The first kappa shape index (κ1) is 15.0. The Morgan fingerprint density at radius 1 is 1.17 bits per heavy atom. The zero-order valence-electron chi connectivity index (χ0n) is 13.7. The molecule has 4 rings (SSSR count). The molecule has 1 aromatic carbocycles. The second kappa shape index (κ2) is 6.52. The van der Waals surface area contributed by atoms with Crippen molar-refractivity contribution in [3.05, 3.63) is 48.0 Å². The smallest absolute Gasteiger partial charge is 0.230 e. The van der Waals surface area contributed by atoms with Gasteiger partial charge in [0.1, 0.15) is 0 Å². The van der Waals surface area contributed by atoms with Crippen LogP contribution in [0.5, 0.6) is 0 Å². The Labute approximate surface area is 140 Å². The number of hydrogen-bond acceptors (Lipinski definition) is 6. The van der Waals surface area contributed by atoms with Crippen molar-refractivity contribution in [3.8, 4) is 11.5 Å². The first-order chi connectivity index (χ1) is 11.8. The van der Waals surface area contributed by atoms with Crippen LogP contribution in [0.15, 0.2) is 41.1 Å². The van der Waals surface area contributed by atoms with Crippen LogP contribution in [0.1, 0.15) is 30.2 Å². The molecule has 124 valence electrons. The SMILES string of the molecule is CN1CCC(c2nc(-c3cn(Cc4ccccc4)nn3)no2)CC1. The minimum atomic E-state index is 0.349. The van der Waals surface area contributed by atoms with E-state index in [4.69, 9.17) is 4.52 Å². The molecular weight excluding hydrogens is 304 g/mol. The highest BCUT2D eigenvalue weighted by atomic mass is 16.5. The number of likely N-dealkylation sites (tertiary alicyclic amines) is 1. The Hall–Kier alpha value is -2.54. The lowest BCUT2D eigenvalue weighted by Crippen LogP contribution is -2.29. The molecular formula is C17H20N6O. The van der Waals surface area contributed by atoms with Crippen LogP contribution in [0, 0.1) is 0 Å². The standard InChI is InChI=1S/C17H20N6O/c1-22-9-7-14(8-10-22)17-18-16(20-24-17)15-12-23(21-19-15)11-13-5-3-2-4-6-13/h2-6,12,14H,7-11H2,1H3. The van der Waals surface area contributed by atoms with Gasteiger partial charge in [0.2, 0.25) is 11.7 Å². The zero-order chi connectivity index (χ0) is 16.4. The molecule has 7 nitrogen and oxygen atoms in total. The molecule has 1 aliphatic heterocycles. The Kier molecular flexibility index (Phi) is 4.08. The van der Waals surface area contributed by atoms with Gasteiger partial charge < -0.3 is 9.42 Å². The van der Waals surface area contributed by atoms with Crippen molar-refractivity contribution in [2.75, 3.05) is 20.1 Å². The largest absolute Gasteiger partial charge is 0.339 e. The Balaban J connectivity index is 1.47. The third kappa shape index (κ3) is 3.21. The van der Waals surface area contributed by atoms with Crippen LogP contribution < -0.4 is 0 Å². The van der Waals surface area contributed by atoms with Crippen LogP contribution in [0.4, 0.5) is 0 Å². The number of hydrogen-bond donors (Lipinski definition) is 0. The topological polar surface area (TPSA) is 72.9 Å². The molecule has 0 atom stereocenters. The Morgan fingerprint density at radius 2 is 1.96 bits per heavy atom. The van der Waals surface area contributed by atoms with Crippen molar-refractivity contribution in [2.24, 2.45) is 0 Å². The molecule has 0 N–H and O–H groups in total.